The van der Waals surface area contributed by atoms with Gasteiger partial charge in [-0.25, -0.2) is 0 Å². The van der Waals surface area contributed by atoms with E-state index in [1.165, 1.54) is 31.4 Å². The van der Waals surface area contributed by atoms with Crippen molar-refractivity contribution in [3.63, 3.8) is 0 Å². The van der Waals surface area contributed by atoms with Gasteiger partial charge in [0.25, 0.3) is 5.69 Å². The van der Waals surface area contributed by atoms with Crippen molar-refractivity contribution in [1.29, 1.82) is 0 Å². The summed E-state index contributed by atoms with van der Waals surface area (Å²) in [6.45, 7) is 2.18. The summed E-state index contributed by atoms with van der Waals surface area (Å²) in [5, 5.41) is 11.2. The third-order valence-electron chi connectivity index (χ3n) is 3.74. The summed E-state index contributed by atoms with van der Waals surface area (Å²) in [7, 11) is 0. The minimum absolute atomic E-state index is 0.0720. The highest BCUT2D eigenvalue weighted by atomic mass is 79.9. The second kappa shape index (κ2) is 7.54. The van der Waals surface area contributed by atoms with Gasteiger partial charge in [0.05, 0.1) is 20.3 Å². The largest absolute Gasteiger partial charge is 0.357 e. The number of H-pyrrole nitrogens is 1. The normalized spacial score (nSPS) is 11.0. The van der Waals surface area contributed by atoms with Gasteiger partial charge in [-0.05, 0) is 34.8 Å². The summed E-state index contributed by atoms with van der Waals surface area (Å²) in [5.74, 6) is 0. The Hall–Kier alpha value is -1.69. The molecule has 1 aromatic heterocycles. The number of unbranched alkanes of at least 4 members (excludes halogenated alkanes) is 4. The van der Waals surface area contributed by atoms with Crippen LogP contribution in [0.5, 0.6) is 0 Å². The molecule has 22 heavy (non-hydrogen) atoms. The van der Waals surface area contributed by atoms with E-state index in [-0.39, 0.29) is 11.1 Å². The Bertz CT molecular complexity index is 740. The summed E-state index contributed by atoms with van der Waals surface area (Å²) in [4.78, 5) is 25.9. The van der Waals surface area contributed by atoms with Crippen LogP contribution in [0.4, 0.5) is 5.69 Å². The highest BCUT2D eigenvalue weighted by molar-refractivity contribution is 9.10. The SMILES string of the molecule is CCCCCCCc1[nH]c2ccc([N+](=O)[O-])cc2c(=O)c1Br. The van der Waals surface area contributed by atoms with Crippen LogP contribution in [0.3, 0.4) is 0 Å². The first-order valence-electron chi connectivity index (χ1n) is 7.53. The Morgan fingerprint density at radius 2 is 1.95 bits per heavy atom. The molecule has 0 radical (unpaired) electrons. The zero-order chi connectivity index (χ0) is 16.1. The number of pyridine rings is 1. The molecule has 0 saturated carbocycles. The average Bonchev–Trinajstić information content (AvgIpc) is 2.51. The summed E-state index contributed by atoms with van der Waals surface area (Å²) in [5.41, 5.74) is 1.24. The molecule has 0 aliphatic carbocycles. The Balaban J connectivity index is 2.26. The maximum atomic E-state index is 12.4. The minimum Gasteiger partial charge on any atom is -0.357 e. The number of hydrogen-bond donors (Lipinski definition) is 1. The maximum Gasteiger partial charge on any atom is 0.270 e. The van der Waals surface area contributed by atoms with E-state index in [1.807, 2.05) is 0 Å². The lowest BCUT2D eigenvalue weighted by Crippen LogP contribution is -2.09. The molecule has 0 aliphatic heterocycles. The van der Waals surface area contributed by atoms with Crippen molar-refractivity contribution in [2.45, 2.75) is 45.4 Å². The van der Waals surface area contributed by atoms with E-state index >= 15 is 0 Å². The van der Waals surface area contributed by atoms with E-state index < -0.39 is 4.92 Å². The Labute approximate surface area is 137 Å². The van der Waals surface area contributed by atoms with Crippen LogP contribution in [0.15, 0.2) is 27.5 Å². The highest BCUT2D eigenvalue weighted by Crippen LogP contribution is 2.22. The number of fused-ring (bicyclic) bond motifs is 1. The summed E-state index contributed by atoms with van der Waals surface area (Å²) in [6, 6.07) is 4.34. The van der Waals surface area contributed by atoms with Gasteiger partial charge in [-0.15, -0.1) is 0 Å². The molecular weight excluding hydrogens is 348 g/mol. The number of nitro benzene ring substituents is 1. The predicted molar refractivity (Wildman–Crippen MR) is 91.4 cm³/mol. The first-order chi connectivity index (χ1) is 10.5. The first kappa shape index (κ1) is 16.7. The Kier molecular flexibility index (Phi) is 5.71. The molecule has 0 bridgehead atoms. The van der Waals surface area contributed by atoms with Crippen LogP contribution in [-0.2, 0) is 6.42 Å². The van der Waals surface area contributed by atoms with Gasteiger partial charge in [-0.2, -0.15) is 0 Å². The monoisotopic (exact) mass is 366 g/mol. The quantitative estimate of drug-likeness (QED) is 0.437. The van der Waals surface area contributed by atoms with E-state index in [2.05, 4.69) is 27.8 Å². The number of benzene rings is 1. The lowest BCUT2D eigenvalue weighted by molar-refractivity contribution is -0.384. The zero-order valence-electron chi connectivity index (χ0n) is 12.5. The van der Waals surface area contributed by atoms with E-state index in [0.717, 1.165) is 25.0 Å². The Morgan fingerprint density at radius 3 is 2.64 bits per heavy atom. The second-order valence-electron chi connectivity index (χ2n) is 5.40. The van der Waals surface area contributed by atoms with Crippen molar-refractivity contribution >= 4 is 32.5 Å². The van der Waals surface area contributed by atoms with Crippen LogP contribution in [0.1, 0.15) is 44.7 Å². The van der Waals surface area contributed by atoms with E-state index in [4.69, 9.17) is 0 Å². The number of halogens is 1. The fraction of sp³-hybridized carbons (Fsp3) is 0.438. The van der Waals surface area contributed by atoms with Crippen LogP contribution < -0.4 is 5.43 Å². The fourth-order valence-corrected chi connectivity index (χ4v) is 3.00. The number of nitrogens with zero attached hydrogens (tertiary/aromatic N) is 1. The average molecular weight is 367 g/mol. The van der Waals surface area contributed by atoms with Crippen molar-refractivity contribution in [2.24, 2.45) is 0 Å². The van der Waals surface area contributed by atoms with E-state index in [0.29, 0.717) is 15.4 Å². The molecule has 118 valence electrons. The zero-order valence-corrected chi connectivity index (χ0v) is 14.1. The highest BCUT2D eigenvalue weighted by Gasteiger charge is 2.13. The van der Waals surface area contributed by atoms with Gasteiger partial charge in [0.15, 0.2) is 0 Å². The number of non-ortho nitro benzene ring substituents is 1. The minimum atomic E-state index is -0.492. The maximum absolute atomic E-state index is 12.4. The van der Waals surface area contributed by atoms with Crippen molar-refractivity contribution in [3.8, 4) is 0 Å². The third-order valence-corrected chi connectivity index (χ3v) is 4.58. The number of hydrogen-bond acceptors (Lipinski definition) is 3. The van der Waals surface area contributed by atoms with Crippen LogP contribution in [-0.4, -0.2) is 9.91 Å². The Morgan fingerprint density at radius 1 is 1.23 bits per heavy atom. The fourth-order valence-electron chi connectivity index (χ4n) is 2.49. The van der Waals surface area contributed by atoms with Crippen molar-refractivity contribution < 1.29 is 4.92 Å². The molecule has 0 saturated heterocycles. The molecule has 1 heterocycles. The lowest BCUT2D eigenvalue weighted by Gasteiger charge is -2.07. The van der Waals surface area contributed by atoms with Crippen molar-refractivity contribution in [1.82, 2.24) is 4.98 Å². The van der Waals surface area contributed by atoms with Gasteiger partial charge in [-0.1, -0.05) is 32.6 Å². The molecule has 5 nitrogen and oxygen atoms in total. The number of nitro groups is 1. The molecule has 1 N–H and O–H groups in total. The first-order valence-corrected chi connectivity index (χ1v) is 8.32. The van der Waals surface area contributed by atoms with Crippen molar-refractivity contribution in [3.05, 3.63) is 48.7 Å². The summed E-state index contributed by atoms with van der Waals surface area (Å²) >= 11 is 3.33. The second-order valence-corrected chi connectivity index (χ2v) is 6.19. The van der Waals surface area contributed by atoms with Crippen LogP contribution in [0.2, 0.25) is 0 Å². The van der Waals surface area contributed by atoms with Crippen LogP contribution >= 0.6 is 15.9 Å². The molecule has 0 fully saturated rings. The van der Waals surface area contributed by atoms with Gasteiger partial charge in [0, 0.05) is 17.8 Å². The molecule has 0 spiro atoms. The molecule has 0 amide bonds. The number of aromatic amines is 1. The number of aryl methyl sites for hydroxylation is 1. The summed E-state index contributed by atoms with van der Waals surface area (Å²) < 4.78 is 0.482. The lowest BCUT2D eigenvalue weighted by atomic mass is 10.1. The topological polar surface area (TPSA) is 76.0 Å². The summed E-state index contributed by atoms with van der Waals surface area (Å²) in [6.07, 6.45) is 6.60. The van der Waals surface area contributed by atoms with Crippen LogP contribution in [0.25, 0.3) is 10.9 Å². The smallest absolute Gasteiger partial charge is 0.270 e. The third kappa shape index (κ3) is 3.74. The van der Waals surface area contributed by atoms with E-state index in [1.54, 1.807) is 6.07 Å². The number of nitrogens with one attached hydrogen (secondary N) is 1. The molecular formula is C16H19BrN2O3. The predicted octanol–water partition coefficient (Wildman–Crippen LogP) is 4.71. The van der Waals surface area contributed by atoms with Crippen molar-refractivity contribution in [2.75, 3.05) is 0 Å². The van der Waals surface area contributed by atoms with E-state index in [9.17, 15) is 14.9 Å². The van der Waals surface area contributed by atoms with Gasteiger partial charge in [0.1, 0.15) is 0 Å². The standard InChI is InChI=1S/C16H19BrN2O3/c1-2-3-4-5-6-7-14-15(17)16(20)12-10-11(19(21)22)8-9-13(12)18-14/h8-10H,2-7H2,1H3,(H,18,20). The van der Waals surface area contributed by atoms with Gasteiger partial charge in [-0.3, -0.25) is 14.9 Å². The van der Waals surface area contributed by atoms with Gasteiger partial charge >= 0.3 is 0 Å². The molecule has 0 aliphatic rings. The molecule has 0 unspecified atom stereocenters. The number of aromatic nitrogens is 1. The molecule has 2 aromatic rings. The van der Waals surface area contributed by atoms with Crippen LogP contribution in [0, 0.1) is 10.1 Å². The molecule has 6 heteroatoms. The number of rotatable bonds is 7. The molecule has 1 aromatic carbocycles. The van der Waals surface area contributed by atoms with Gasteiger partial charge < -0.3 is 4.98 Å². The van der Waals surface area contributed by atoms with Gasteiger partial charge in [0.2, 0.25) is 5.43 Å². The molecule has 0 atom stereocenters. The molecule has 2 rings (SSSR count).